The monoisotopic (exact) mass is 362 g/mol. The molecule has 0 amide bonds. The smallest absolute Gasteiger partial charge is 0.281 e. The lowest BCUT2D eigenvalue weighted by Gasteiger charge is -2.40. The van der Waals surface area contributed by atoms with Crippen LogP contribution in [0, 0.1) is 0 Å². The molecule has 10 nitrogen and oxygen atoms in total. The van der Waals surface area contributed by atoms with Gasteiger partial charge in [-0.3, -0.25) is 18.9 Å². The number of aliphatic hydroxyl groups is 2. The Hall–Kier alpha value is -0.340. The molecule has 1 aliphatic rings. The van der Waals surface area contributed by atoms with Gasteiger partial charge < -0.3 is 10.2 Å². The predicted octanol–water partition coefficient (Wildman–Crippen LogP) is -2.20. The second-order valence-electron chi connectivity index (χ2n) is 5.04. The molecule has 132 valence electrons. The van der Waals surface area contributed by atoms with Crippen molar-refractivity contribution in [3.63, 3.8) is 0 Å². The maximum absolute atomic E-state index is 11.3. The van der Waals surface area contributed by atoms with Gasteiger partial charge in [-0.2, -0.15) is 16.8 Å². The molecule has 22 heavy (non-hydrogen) atoms. The first-order chi connectivity index (χ1) is 10.1. The van der Waals surface area contributed by atoms with E-state index >= 15 is 0 Å². The highest BCUT2D eigenvalue weighted by Gasteiger charge is 2.36. The van der Waals surface area contributed by atoms with E-state index in [0.29, 0.717) is 0 Å². The molecule has 1 heterocycles. The third kappa shape index (κ3) is 5.38. The van der Waals surface area contributed by atoms with Crippen molar-refractivity contribution >= 4 is 20.2 Å². The second kappa shape index (κ2) is 7.97. The minimum absolute atomic E-state index is 0.141. The van der Waals surface area contributed by atoms with Gasteiger partial charge in [0.1, 0.15) is 10.7 Å². The Morgan fingerprint density at radius 2 is 1.00 bits per heavy atom. The van der Waals surface area contributed by atoms with Gasteiger partial charge in [0, 0.05) is 52.2 Å². The Morgan fingerprint density at radius 1 is 0.727 bits per heavy atom. The summed E-state index contributed by atoms with van der Waals surface area (Å²) < 4.78 is 63.6. The van der Waals surface area contributed by atoms with Gasteiger partial charge >= 0.3 is 0 Å². The second-order valence-corrected chi connectivity index (χ2v) is 8.18. The van der Waals surface area contributed by atoms with E-state index in [9.17, 15) is 25.9 Å². The zero-order valence-corrected chi connectivity index (χ0v) is 13.6. The highest BCUT2D eigenvalue weighted by atomic mass is 32.2. The summed E-state index contributed by atoms with van der Waals surface area (Å²) in [6.07, 6.45) is -0.311. The van der Waals surface area contributed by atoms with Crippen LogP contribution in [0.4, 0.5) is 0 Å². The lowest BCUT2D eigenvalue weighted by atomic mass is 10.2. The van der Waals surface area contributed by atoms with Crippen LogP contribution in [0.3, 0.4) is 0 Å². The molecule has 2 atom stereocenters. The minimum Gasteiger partial charge on any atom is -0.396 e. The first-order valence-corrected chi connectivity index (χ1v) is 9.74. The van der Waals surface area contributed by atoms with Gasteiger partial charge in [0.05, 0.1) is 0 Å². The van der Waals surface area contributed by atoms with Crippen molar-refractivity contribution in [1.82, 2.24) is 9.80 Å². The van der Waals surface area contributed by atoms with Crippen molar-refractivity contribution in [2.24, 2.45) is 0 Å². The molecule has 4 N–H and O–H groups in total. The number of hydrogen-bond acceptors (Lipinski definition) is 8. The fraction of sp³-hybridized carbons (Fsp3) is 1.00. The molecule has 1 aliphatic heterocycles. The van der Waals surface area contributed by atoms with Gasteiger partial charge in [0.2, 0.25) is 0 Å². The summed E-state index contributed by atoms with van der Waals surface area (Å²) in [5.74, 6) is 0. The predicted molar refractivity (Wildman–Crippen MR) is 77.2 cm³/mol. The number of hydrogen-bond donors (Lipinski definition) is 4. The Balaban J connectivity index is 2.76. The summed E-state index contributed by atoms with van der Waals surface area (Å²) in [5.41, 5.74) is 0. The highest BCUT2D eigenvalue weighted by molar-refractivity contribution is 7.86. The summed E-state index contributed by atoms with van der Waals surface area (Å²) in [5, 5.41) is 15.3. The van der Waals surface area contributed by atoms with E-state index in [0.717, 1.165) is 0 Å². The van der Waals surface area contributed by atoms with E-state index in [4.69, 9.17) is 10.2 Å². The average Bonchev–Trinajstić information content (AvgIpc) is 2.40. The van der Waals surface area contributed by atoms with Crippen molar-refractivity contribution in [3.05, 3.63) is 0 Å². The van der Waals surface area contributed by atoms with Gasteiger partial charge in [0.25, 0.3) is 20.2 Å². The van der Waals surface area contributed by atoms with Crippen LogP contribution < -0.4 is 0 Å². The molecule has 12 heteroatoms. The van der Waals surface area contributed by atoms with Crippen molar-refractivity contribution in [2.75, 3.05) is 39.4 Å². The SMILES string of the molecule is O=S(=O)(O)C(CCO)N1CCN(C(CCO)S(=O)(=O)O)CC1. The van der Waals surface area contributed by atoms with Crippen LogP contribution in [-0.4, -0.2) is 96.1 Å². The third-order valence-corrected chi connectivity index (χ3v) is 6.05. The van der Waals surface area contributed by atoms with E-state index in [1.54, 1.807) is 0 Å². The first kappa shape index (κ1) is 19.7. The molecule has 0 aromatic heterocycles. The van der Waals surface area contributed by atoms with Crippen LogP contribution in [0.15, 0.2) is 0 Å². The molecule has 0 aromatic rings. The minimum atomic E-state index is -4.36. The van der Waals surface area contributed by atoms with Crippen LogP contribution in [0.5, 0.6) is 0 Å². The summed E-state index contributed by atoms with van der Waals surface area (Å²) in [4.78, 5) is 2.87. The molecule has 0 saturated carbocycles. The summed E-state index contributed by atoms with van der Waals surface area (Å²) in [6, 6.07) is 0. The number of piperazine rings is 1. The van der Waals surface area contributed by atoms with Crippen LogP contribution in [0.1, 0.15) is 12.8 Å². The largest absolute Gasteiger partial charge is 0.396 e. The molecule has 0 spiro atoms. The molecule has 2 unspecified atom stereocenters. The van der Waals surface area contributed by atoms with Gasteiger partial charge in [-0.05, 0) is 0 Å². The molecular weight excluding hydrogens is 340 g/mol. The average molecular weight is 362 g/mol. The molecule has 1 rings (SSSR count). The third-order valence-electron chi connectivity index (χ3n) is 3.60. The number of aliphatic hydroxyl groups excluding tert-OH is 2. The van der Waals surface area contributed by atoms with Crippen molar-refractivity contribution in [1.29, 1.82) is 0 Å². The maximum atomic E-state index is 11.3. The lowest BCUT2D eigenvalue weighted by Crippen LogP contribution is -2.56. The molecule has 0 aliphatic carbocycles. The first-order valence-electron chi connectivity index (χ1n) is 6.73. The van der Waals surface area contributed by atoms with E-state index in [1.165, 1.54) is 9.80 Å². The van der Waals surface area contributed by atoms with Crippen molar-refractivity contribution < 1.29 is 36.2 Å². The Bertz CT molecular complexity index is 491. The quantitative estimate of drug-likeness (QED) is 0.349. The molecule has 0 radical (unpaired) electrons. The number of rotatable bonds is 8. The fourth-order valence-electron chi connectivity index (χ4n) is 2.57. The maximum Gasteiger partial charge on any atom is 0.281 e. The molecular formula is C10H22N2O8S2. The van der Waals surface area contributed by atoms with Crippen molar-refractivity contribution in [3.8, 4) is 0 Å². The lowest BCUT2D eigenvalue weighted by molar-refractivity contribution is 0.0884. The summed E-state index contributed by atoms with van der Waals surface area (Å²) >= 11 is 0. The van der Waals surface area contributed by atoms with Gasteiger partial charge in [-0.1, -0.05) is 0 Å². The zero-order chi connectivity index (χ0) is 17.0. The van der Waals surface area contributed by atoms with E-state index in [1.807, 2.05) is 0 Å². The molecule has 1 fully saturated rings. The van der Waals surface area contributed by atoms with Crippen molar-refractivity contribution in [2.45, 2.75) is 23.6 Å². The molecule has 1 saturated heterocycles. The number of nitrogens with zero attached hydrogens (tertiary/aromatic N) is 2. The molecule has 0 aromatic carbocycles. The Morgan fingerprint density at radius 3 is 1.18 bits per heavy atom. The summed E-state index contributed by atoms with van der Waals surface area (Å²) in [6.45, 7) is -0.265. The van der Waals surface area contributed by atoms with E-state index < -0.39 is 44.2 Å². The van der Waals surface area contributed by atoms with Crippen LogP contribution in [0.2, 0.25) is 0 Å². The normalized spacial score (nSPS) is 21.6. The Kier molecular flexibility index (Phi) is 7.14. The fourth-order valence-corrected chi connectivity index (χ4v) is 4.56. The van der Waals surface area contributed by atoms with Crippen LogP contribution >= 0.6 is 0 Å². The summed E-state index contributed by atoms with van der Waals surface area (Å²) in [7, 11) is -8.73. The standard InChI is InChI=1S/C10H22N2O8S2/c13-7-1-9(21(15,16)17)11-3-5-12(6-4-11)10(2-8-14)22(18,19)20/h9-10,13-14H,1-8H2,(H,15,16,17)(H,18,19,20). The van der Waals surface area contributed by atoms with Crippen LogP contribution in [-0.2, 0) is 20.2 Å². The van der Waals surface area contributed by atoms with Gasteiger partial charge in [0.15, 0.2) is 0 Å². The Labute approximate surface area is 129 Å². The highest BCUT2D eigenvalue weighted by Crippen LogP contribution is 2.18. The van der Waals surface area contributed by atoms with Gasteiger partial charge in [-0.25, -0.2) is 0 Å². The molecule has 0 bridgehead atoms. The van der Waals surface area contributed by atoms with E-state index in [-0.39, 0.29) is 39.0 Å². The topological polar surface area (TPSA) is 156 Å². The van der Waals surface area contributed by atoms with Gasteiger partial charge in [-0.15, -0.1) is 0 Å². The van der Waals surface area contributed by atoms with E-state index in [2.05, 4.69) is 0 Å². The van der Waals surface area contributed by atoms with Crippen LogP contribution in [0.25, 0.3) is 0 Å². The zero-order valence-electron chi connectivity index (χ0n) is 11.9.